The standard InChI is InChI=1S/C41H30Cl3F3N4O5/c1-2-4-20-5-3-6-28(34(20)52)33-26-15-16-27-32(38(55)50(36(27)53)25-13-11-24(43)12-14-25)29(26)18-30-37(54)51(39(56)40(30,33)21-7-9-23(42)10-8-21)49-35-31(44)17-22(19-48-35)41(45,46)47/h2-3,5-15,17,19,27,29-30,32-33,52H,1,4,16,18H2,(H,48,49)/t27-,29+,30-,32-,33+,40+/m0/s1. The molecule has 0 bridgehead atoms. The van der Waals surface area contributed by atoms with Crippen LogP contribution in [0.3, 0.4) is 0 Å². The fraction of sp³-hybridized carbons (Fsp3) is 0.244. The maximum absolute atomic E-state index is 15.4. The minimum absolute atomic E-state index is 0.0797. The molecule has 3 fully saturated rings. The highest BCUT2D eigenvalue weighted by Crippen LogP contribution is 2.65. The van der Waals surface area contributed by atoms with E-state index in [0.29, 0.717) is 55.3 Å². The second-order valence-electron chi connectivity index (χ2n) is 14.3. The topological polar surface area (TPSA) is 120 Å². The van der Waals surface area contributed by atoms with E-state index in [9.17, 15) is 32.7 Å². The number of fused-ring (bicyclic) bond motifs is 4. The third-order valence-corrected chi connectivity index (χ3v) is 12.3. The second kappa shape index (κ2) is 13.8. The highest BCUT2D eigenvalue weighted by atomic mass is 35.5. The van der Waals surface area contributed by atoms with Gasteiger partial charge in [0.2, 0.25) is 11.8 Å². The van der Waals surface area contributed by atoms with Gasteiger partial charge in [0.1, 0.15) is 5.75 Å². The molecule has 3 heterocycles. The number of anilines is 2. The summed E-state index contributed by atoms with van der Waals surface area (Å²) in [5.41, 5.74) is 1.71. The Hall–Kier alpha value is -5.17. The lowest BCUT2D eigenvalue weighted by Crippen LogP contribution is -2.53. The van der Waals surface area contributed by atoms with Gasteiger partial charge in [-0.25, -0.2) is 4.98 Å². The van der Waals surface area contributed by atoms with Gasteiger partial charge in [-0.05, 0) is 78.8 Å². The van der Waals surface area contributed by atoms with Gasteiger partial charge >= 0.3 is 6.18 Å². The highest BCUT2D eigenvalue weighted by molar-refractivity contribution is 6.33. The van der Waals surface area contributed by atoms with Gasteiger partial charge in [0.05, 0.1) is 39.4 Å². The Balaban J connectivity index is 1.33. The number of halogens is 6. The molecule has 286 valence electrons. The number of phenolic OH excluding ortho intramolecular Hbond substituents is 1. The number of alkyl halides is 3. The number of hydrazine groups is 1. The van der Waals surface area contributed by atoms with Crippen molar-refractivity contribution in [2.24, 2.45) is 23.7 Å². The third kappa shape index (κ3) is 5.71. The number of rotatable bonds is 7. The number of aromatic nitrogens is 1. The average molecular weight is 822 g/mol. The van der Waals surface area contributed by atoms with Crippen LogP contribution in [-0.4, -0.2) is 38.7 Å². The first kappa shape index (κ1) is 37.7. The molecule has 4 aliphatic rings. The first-order valence-corrected chi connectivity index (χ1v) is 18.7. The number of aromatic hydroxyl groups is 1. The van der Waals surface area contributed by atoms with Gasteiger partial charge in [-0.2, -0.15) is 18.2 Å². The number of hydrogen-bond acceptors (Lipinski definition) is 7. The van der Waals surface area contributed by atoms with E-state index in [1.807, 2.05) is 6.08 Å². The Morgan fingerprint density at radius 3 is 2.25 bits per heavy atom. The molecule has 4 aromatic rings. The summed E-state index contributed by atoms with van der Waals surface area (Å²) in [5.74, 6) is -7.81. The fourth-order valence-electron chi connectivity index (χ4n) is 9.14. The summed E-state index contributed by atoms with van der Waals surface area (Å²) in [6.45, 7) is 3.80. The van der Waals surface area contributed by atoms with Crippen LogP contribution in [0.4, 0.5) is 24.7 Å². The molecule has 2 aliphatic carbocycles. The molecule has 0 spiro atoms. The number of carbonyl (C=O) groups is 4. The highest BCUT2D eigenvalue weighted by Gasteiger charge is 2.70. The van der Waals surface area contributed by atoms with Crippen molar-refractivity contribution >= 4 is 69.9 Å². The molecule has 8 rings (SSSR count). The molecule has 6 atom stereocenters. The lowest BCUT2D eigenvalue weighted by molar-refractivity contribution is -0.139. The van der Waals surface area contributed by atoms with Crippen LogP contribution in [0.25, 0.3) is 0 Å². The van der Waals surface area contributed by atoms with Gasteiger partial charge in [-0.15, -0.1) is 6.58 Å². The number of pyridine rings is 1. The predicted octanol–water partition coefficient (Wildman–Crippen LogP) is 8.68. The Morgan fingerprint density at radius 2 is 1.61 bits per heavy atom. The Morgan fingerprint density at radius 1 is 0.929 bits per heavy atom. The number of amides is 4. The Kier molecular flexibility index (Phi) is 9.29. The van der Waals surface area contributed by atoms with E-state index in [0.717, 1.165) is 4.90 Å². The summed E-state index contributed by atoms with van der Waals surface area (Å²) in [7, 11) is 0. The number of allylic oxidation sites excluding steroid dienone is 3. The lowest BCUT2D eigenvalue weighted by Gasteiger charge is -2.50. The molecular formula is C41H30Cl3F3N4O5. The number of phenols is 1. The van der Waals surface area contributed by atoms with Crippen LogP contribution in [0, 0.1) is 23.7 Å². The maximum atomic E-state index is 15.4. The van der Waals surface area contributed by atoms with Crippen molar-refractivity contribution in [3.8, 4) is 5.75 Å². The van der Waals surface area contributed by atoms with Crippen molar-refractivity contribution < 1.29 is 37.5 Å². The summed E-state index contributed by atoms with van der Waals surface area (Å²) in [5, 5.41) is 12.9. The summed E-state index contributed by atoms with van der Waals surface area (Å²) in [6.07, 6.45) is -0.477. The molecular weight excluding hydrogens is 792 g/mol. The van der Waals surface area contributed by atoms with Crippen molar-refractivity contribution in [1.29, 1.82) is 0 Å². The Labute approximate surface area is 333 Å². The quantitative estimate of drug-likeness (QED) is 0.142. The first-order chi connectivity index (χ1) is 26.7. The van der Waals surface area contributed by atoms with E-state index in [1.54, 1.807) is 72.8 Å². The van der Waals surface area contributed by atoms with Crippen molar-refractivity contribution in [1.82, 2.24) is 9.99 Å². The zero-order valence-corrected chi connectivity index (χ0v) is 31.3. The summed E-state index contributed by atoms with van der Waals surface area (Å²) < 4.78 is 40.5. The molecule has 0 radical (unpaired) electrons. The number of carbonyl (C=O) groups excluding carboxylic acids is 4. The SMILES string of the molecule is C=CCc1cccc([C@H]2C3=CC[C@@H]4C(=O)N(c5ccc(Cl)cc5)C(=O)[C@@H]4[C@@H]3C[C@H]3C(=O)N(Nc4ncc(C(F)(F)F)cc4Cl)C(=O)[C@@]23c2ccc(Cl)cc2)c1O. The average Bonchev–Trinajstić information content (AvgIpc) is 3.54. The van der Waals surface area contributed by atoms with E-state index in [4.69, 9.17) is 34.8 Å². The number of para-hydroxylation sites is 1. The molecule has 0 unspecified atom stereocenters. The minimum Gasteiger partial charge on any atom is -0.507 e. The van der Waals surface area contributed by atoms with Gasteiger partial charge in [-0.1, -0.05) is 82.9 Å². The summed E-state index contributed by atoms with van der Waals surface area (Å²) in [4.78, 5) is 63.7. The number of imide groups is 2. The van der Waals surface area contributed by atoms with E-state index in [2.05, 4.69) is 17.0 Å². The minimum atomic E-state index is -4.76. The van der Waals surface area contributed by atoms with Crippen molar-refractivity contribution in [2.75, 3.05) is 10.3 Å². The van der Waals surface area contributed by atoms with Crippen LogP contribution < -0.4 is 10.3 Å². The molecule has 9 nitrogen and oxygen atoms in total. The van der Waals surface area contributed by atoms with Gasteiger partial charge < -0.3 is 5.11 Å². The predicted molar refractivity (Wildman–Crippen MR) is 203 cm³/mol. The number of benzene rings is 3. The van der Waals surface area contributed by atoms with Gasteiger partial charge in [0.25, 0.3) is 11.8 Å². The zero-order valence-electron chi connectivity index (χ0n) is 29.1. The van der Waals surface area contributed by atoms with Gasteiger partial charge in [0.15, 0.2) is 5.82 Å². The zero-order chi connectivity index (χ0) is 39.8. The number of nitrogens with zero attached hydrogens (tertiary/aromatic N) is 3. The van der Waals surface area contributed by atoms with Crippen molar-refractivity contribution in [3.05, 3.63) is 141 Å². The van der Waals surface area contributed by atoms with Crippen molar-refractivity contribution in [2.45, 2.75) is 36.8 Å². The van der Waals surface area contributed by atoms with Crippen LogP contribution in [-0.2, 0) is 37.2 Å². The van der Waals surface area contributed by atoms with E-state index in [-0.39, 0.29) is 30.8 Å². The second-order valence-corrected chi connectivity index (χ2v) is 15.5. The van der Waals surface area contributed by atoms with Crippen LogP contribution in [0.2, 0.25) is 15.1 Å². The van der Waals surface area contributed by atoms with Gasteiger partial charge in [0, 0.05) is 27.7 Å². The monoisotopic (exact) mass is 820 g/mol. The van der Waals surface area contributed by atoms with Crippen LogP contribution in [0.1, 0.15) is 41.0 Å². The fourth-order valence-corrected chi connectivity index (χ4v) is 9.60. The largest absolute Gasteiger partial charge is 0.507 e. The molecule has 1 saturated carbocycles. The molecule has 56 heavy (non-hydrogen) atoms. The van der Waals surface area contributed by atoms with Crippen LogP contribution in [0.5, 0.6) is 5.75 Å². The van der Waals surface area contributed by atoms with Gasteiger partial charge in [-0.3, -0.25) is 29.5 Å². The summed E-state index contributed by atoms with van der Waals surface area (Å²) in [6, 6.07) is 18.4. The molecule has 1 aromatic heterocycles. The number of hydrogen-bond donors (Lipinski definition) is 2. The smallest absolute Gasteiger partial charge is 0.417 e. The van der Waals surface area contributed by atoms with Crippen LogP contribution in [0.15, 0.2) is 103 Å². The first-order valence-electron chi connectivity index (χ1n) is 17.6. The Bertz CT molecular complexity index is 2370. The van der Waals surface area contributed by atoms with E-state index >= 15 is 4.79 Å². The normalized spacial score (nSPS) is 25.8. The third-order valence-electron chi connectivity index (χ3n) is 11.5. The van der Waals surface area contributed by atoms with E-state index in [1.165, 1.54) is 0 Å². The van der Waals surface area contributed by atoms with E-state index < -0.39 is 75.4 Å². The molecule has 2 N–H and O–H groups in total. The lowest BCUT2D eigenvalue weighted by atomic mass is 9.49. The molecule has 2 saturated heterocycles. The molecule has 3 aromatic carbocycles. The molecule has 15 heteroatoms. The molecule has 4 amide bonds. The van der Waals surface area contributed by atoms with Crippen molar-refractivity contribution in [3.63, 3.8) is 0 Å². The van der Waals surface area contributed by atoms with Crippen LogP contribution >= 0.6 is 34.8 Å². The molecule has 2 aliphatic heterocycles. The number of nitrogens with one attached hydrogen (secondary N) is 1. The maximum Gasteiger partial charge on any atom is 0.417 e. The summed E-state index contributed by atoms with van der Waals surface area (Å²) >= 11 is 18.7.